The number of halogens is 1. The van der Waals surface area contributed by atoms with Gasteiger partial charge in [0.15, 0.2) is 6.21 Å². The first-order valence-electron chi connectivity index (χ1n) is 6.08. The van der Waals surface area contributed by atoms with Gasteiger partial charge in [-0.3, -0.25) is 4.79 Å². The molecule has 1 amide bonds. The smallest absolute Gasteiger partial charge is 0.286 e. The van der Waals surface area contributed by atoms with Crippen LogP contribution in [0.2, 0.25) is 0 Å². The monoisotopic (exact) mass is 316 g/mol. The molecular weight excluding hydrogens is 300 g/mol. The van der Waals surface area contributed by atoms with Crippen LogP contribution in [0.15, 0.2) is 24.3 Å². The average Bonchev–Trinajstić information content (AvgIpc) is 2.59. The summed E-state index contributed by atoms with van der Waals surface area (Å²) in [7, 11) is -4.94. The first kappa shape index (κ1) is 17.5. The molecular formula is C13H17ClN2O5. The van der Waals surface area contributed by atoms with Crippen LogP contribution in [0, 0.1) is 10.2 Å². The number of para-hydroxylation sites is 1. The largest absolute Gasteiger partial charge is 0.364 e. The Morgan fingerprint density at radius 3 is 2.19 bits per heavy atom. The Morgan fingerprint density at radius 1 is 1.24 bits per heavy atom. The minimum absolute atomic E-state index is 0.0414. The number of nitrogens with two attached hydrogens (primary N) is 1. The van der Waals surface area contributed by atoms with E-state index in [1.165, 1.54) is 5.56 Å². The second-order valence-corrected chi connectivity index (χ2v) is 5.99. The molecule has 0 spiro atoms. The second-order valence-electron chi connectivity index (χ2n) is 5.23. The molecule has 0 fully saturated rings. The highest BCUT2D eigenvalue weighted by molar-refractivity contribution is 5.82. The topological polar surface area (TPSA) is 138 Å². The molecule has 1 aromatic rings. The lowest BCUT2D eigenvalue weighted by Crippen LogP contribution is -2.68. The van der Waals surface area contributed by atoms with Crippen molar-refractivity contribution in [2.24, 2.45) is 5.73 Å². The van der Waals surface area contributed by atoms with Crippen molar-refractivity contribution in [3.8, 4) is 0 Å². The third-order valence-electron chi connectivity index (χ3n) is 3.17. The number of hydrogen-bond donors (Lipinski definition) is 1. The zero-order valence-electron chi connectivity index (χ0n) is 11.9. The normalized spacial score (nSPS) is 17.2. The Morgan fingerprint density at radius 2 is 1.71 bits per heavy atom. The number of benzene rings is 1. The number of amides is 1. The van der Waals surface area contributed by atoms with Crippen LogP contribution in [0.1, 0.15) is 26.3 Å². The molecule has 7 nitrogen and oxygen atoms in total. The summed E-state index contributed by atoms with van der Waals surface area (Å²) < 4.78 is 35.9. The van der Waals surface area contributed by atoms with Gasteiger partial charge in [0.25, 0.3) is 5.91 Å². The van der Waals surface area contributed by atoms with Crippen LogP contribution in [-0.4, -0.2) is 22.7 Å². The third kappa shape index (κ3) is 4.76. The van der Waals surface area contributed by atoms with E-state index in [1.54, 1.807) is 0 Å². The van der Waals surface area contributed by atoms with E-state index >= 15 is 0 Å². The van der Waals surface area contributed by atoms with Gasteiger partial charge < -0.3 is 5.73 Å². The molecule has 1 atom stereocenters. The van der Waals surface area contributed by atoms with Crippen molar-refractivity contribution in [2.45, 2.75) is 32.2 Å². The molecule has 0 aromatic heterocycles. The molecule has 1 heterocycles. The van der Waals surface area contributed by atoms with Crippen LogP contribution in [0.5, 0.6) is 0 Å². The first-order chi connectivity index (χ1) is 9.43. The number of nitrogens with zero attached hydrogens (tertiary/aromatic N) is 1. The van der Waals surface area contributed by atoms with Crippen molar-refractivity contribution >= 4 is 17.8 Å². The molecule has 2 N–H and O–H groups in total. The van der Waals surface area contributed by atoms with Gasteiger partial charge in [0.1, 0.15) is 0 Å². The van der Waals surface area contributed by atoms with E-state index in [9.17, 15) is 4.79 Å². The van der Waals surface area contributed by atoms with E-state index in [4.69, 9.17) is 24.4 Å². The van der Waals surface area contributed by atoms with E-state index in [0.717, 1.165) is 5.69 Å². The van der Waals surface area contributed by atoms with Gasteiger partial charge in [-0.2, -0.15) is 4.58 Å². The van der Waals surface area contributed by atoms with Gasteiger partial charge in [0.2, 0.25) is 11.7 Å². The summed E-state index contributed by atoms with van der Waals surface area (Å²) in [6.45, 7) is 6.11. The van der Waals surface area contributed by atoms with Crippen molar-refractivity contribution in [3.05, 3.63) is 29.8 Å². The van der Waals surface area contributed by atoms with Crippen LogP contribution in [0.3, 0.4) is 0 Å². The molecule has 0 bridgehead atoms. The Labute approximate surface area is 124 Å². The fraction of sp³-hybridized carbons (Fsp3) is 0.385. The van der Waals surface area contributed by atoms with Gasteiger partial charge >= 0.3 is 0 Å². The van der Waals surface area contributed by atoms with Crippen molar-refractivity contribution in [1.29, 1.82) is 0 Å². The summed E-state index contributed by atoms with van der Waals surface area (Å²) in [5, 5.41) is 0. The van der Waals surface area contributed by atoms with E-state index in [-0.39, 0.29) is 17.4 Å². The summed E-state index contributed by atoms with van der Waals surface area (Å²) in [6.07, 6.45) is 2.08. The number of rotatable bonds is 2. The lowest BCUT2D eigenvalue weighted by atomic mass is 9.87. The number of carbonyl (C=O) groups excluding carboxylic acids is 1. The zero-order chi connectivity index (χ0) is 16.4. The van der Waals surface area contributed by atoms with E-state index < -0.39 is 10.2 Å². The van der Waals surface area contributed by atoms with E-state index in [0.29, 0.717) is 0 Å². The lowest BCUT2D eigenvalue weighted by Gasteiger charge is -2.17. The fourth-order valence-corrected chi connectivity index (χ4v) is 2.19. The lowest BCUT2D eigenvalue weighted by molar-refractivity contribution is -2.00. The van der Waals surface area contributed by atoms with Gasteiger partial charge in [0.05, 0.1) is 5.41 Å². The number of primary amides is 1. The third-order valence-corrected chi connectivity index (χ3v) is 3.17. The van der Waals surface area contributed by atoms with Crippen LogP contribution in [-0.2, 0) is 10.2 Å². The Kier molecular flexibility index (Phi) is 5.08. The van der Waals surface area contributed by atoms with Gasteiger partial charge in [-0.25, -0.2) is 18.6 Å². The van der Waals surface area contributed by atoms with Crippen molar-refractivity contribution in [1.82, 2.24) is 0 Å². The molecule has 8 heteroatoms. The maximum Gasteiger partial charge on any atom is 0.286 e. The molecule has 0 saturated heterocycles. The summed E-state index contributed by atoms with van der Waals surface area (Å²) in [5.74, 6) is -0.302. The van der Waals surface area contributed by atoms with Crippen molar-refractivity contribution in [2.75, 3.05) is 0 Å². The molecule has 1 aliphatic heterocycles. The maximum absolute atomic E-state index is 11.3. The molecule has 0 radical (unpaired) electrons. The first-order valence-corrected chi connectivity index (χ1v) is 7.32. The minimum atomic E-state index is -4.94. The molecule has 21 heavy (non-hydrogen) atoms. The van der Waals surface area contributed by atoms with Gasteiger partial charge in [-0.05, 0) is 13.8 Å². The van der Waals surface area contributed by atoms with Gasteiger partial charge in [-0.1, -0.05) is 18.2 Å². The fourth-order valence-electron chi connectivity index (χ4n) is 2.19. The molecule has 116 valence electrons. The van der Waals surface area contributed by atoms with Crippen LogP contribution < -0.4 is 24.4 Å². The standard InChI is InChI=1S/C13H16N2O.ClHO4/c1-9(12(14)16)15-8-13(2,3)10-6-4-5-7-11(10)15;2-1(3,4)5/h4-9H,1-3H3,(H-,14,16);(H,2,3,4,5). The molecule has 1 aliphatic rings. The molecule has 2 rings (SSSR count). The number of fused-ring (bicyclic) bond motifs is 1. The highest BCUT2D eigenvalue weighted by Gasteiger charge is 2.40. The quantitative estimate of drug-likeness (QED) is 0.573. The Hall–Kier alpha value is -1.51. The summed E-state index contributed by atoms with van der Waals surface area (Å²) in [4.78, 5) is 11.3. The number of hydrogen-bond acceptors (Lipinski definition) is 5. The van der Waals surface area contributed by atoms with Gasteiger partial charge in [0, 0.05) is 18.6 Å². The highest BCUT2D eigenvalue weighted by atomic mass is 35.7. The second kappa shape index (κ2) is 6.08. The maximum atomic E-state index is 11.3. The SMILES string of the molecule is CC(C(N)=O)[N+]1=CC(C)(C)c2ccccc21.[O-][Cl+3]([O-])([O-])[O-]. The Bertz CT molecular complexity index is 560. The van der Waals surface area contributed by atoms with E-state index in [1.807, 2.05) is 29.7 Å². The molecule has 1 aromatic carbocycles. The minimum Gasteiger partial charge on any atom is -0.364 e. The van der Waals surface area contributed by atoms with Crippen molar-refractivity contribution < 1.29 is 38.2 Å². The summed E-state index contributed by atoms with van der Waals surface area (Å²) >= 11 is 0. The van der Waals surface area contributed by atoms with Crippen molar-refractivity contribution in [3.63, 3.8) is 0 Å². The Balaban J connectivity index is 0.000000383. The van der Waals surface area contributed by atoms with Crippen LogP contribution in [0.4, 0.5) is 5.69 Å². The van der Waals surface area contributed by atoms with Gasteiger partial charge in [-0.15, -0.1) is 10.2 Å². The van der Waals surface area contributed by atoms with E-state index in [2.05, 4.69) is 26.1 Å². The summed E-state index contributed by atoms with van der Waals surface area (Å²) in [6, 6.07) is 7.82. The number of carbonyl (C=O) groups is 1. The molecule has 0 aliphatic carbocycles. The highest BCUT2D eigenvalue weighted by Crippen LogP contribution is 2.36. The average molecular weight is 317 g/mol. The zero-order valence-corrected chi connectivity index (χ0v) is 12.7. The van der Waals surface area contributed by atoms with Crippen LogP contribution in [0.25, 0.3) is 0 Å². The predicted molar refractivity (Wildman–Crippen MR) is 64.1 cm³/mol. The molecule has 0 saturated carbocycles. The molecule has 1 unspecified atom stereocenters. The van der Waals surface area contributed by atoms with Crippen LogP contribution >= 0.6 is 0 Å². The summed E-state index contributed by atoms with van der Waals surface area (Å²) in [5.41, 5.74) is 7.64. The predicted octanol–water partition coefficient (Wildman–Crippen LogP) is -3.19.